The zero-order valence-corrected chi connectivity index (χ0v) is 12.4. The molecule has 3 aromatic rings. The van der Waals surface area contributed by atoms with Crippen LogP contribution in [0.4, 0.5) is 21.8 Å². The normalized spacial score (nSPS) is 10.9. The molecule has 0 saturated carbocycles. The van der Waals surface area contributed by atoms with Gasteiger partial charge in [0.15, 0.2) is 0 Å². The number of halogens is 1. The van der Waals surface area contributed by atoms with Crippen molar-refractivity contribution in [3.05, 3.63) is 41.0 Å². The first-order chi connectivity index (χ1) is 10.1. The summed E-state index contributed by atoms with van der Waals surface area (Å²) < 4.78 is 14.0. The third-order valence-electron chi connectivity index (χ3n) is 3.16. The molecular weight excluding hydrogens is 289 g/mol. The Balaban J connectivity index is 2.21. The molecule has 0 atom stereocenters. The minimum atomic E-state index is -0.305. The van der Waals surface area contributed by atoms with Gasteiger partial charge in [-0.3, -0.25) is 5.43 Å². The van der Waals surface area contributed by atoms with Crippen LogP contribution in [0.15, 0.2) is 30.3 Å². The number of nitrogens with zero attached hydrogens (tertiary/aromatic N) is 3. The molecule has 0 radical (unpaired) electrons. The van der Waals surface area contributed by atoms with Crippen molar-refractivity contribution in [2.75, 3.05) is 17.4 Å². The highest BCUT2D eigenvalue weighted by Gasteiger charge is 2.16. The summed E-state index contributed by atoms with van der Waals surface area (Å²) in [6.07, 6.45) is 0. The molecule has 3 rings (SSSR count). The van der Waals surface area contributed by atoms with Crippen LogP contribution in [0.3, 0.4) is 0 Å². The number of nitrogens with two attached hydrogens (primary N) is 1. The second-order valence-electron chi connectivity index (χ2n) is 4.60. The monoisotopic (exact) mass is 303 g/mol. The van der Waals surface area contributed by atoms with Gasteiger partial charge >= 0.3 is 0 Å². The van der Waals surface area contributed by atoms with E-state index in [1.54, 1.807) is 41.5 Å². The van der Waals surface area contributed by atoms with E-state index in [9.17, 15) is 4.39 Å². The first-order valence-electron chi connectivity index (χ1n) is 6.33. The second kappa shape index (κ2) is 5.27. The number of fused-ring (bicyclic) bond motifs is 1. The summed E-state index contributed by atoms with van der Waals surface area (Å²) in [6.45, 7) is 1.99. The molecule has 5 nitrogen and oxygen atoms in total. The number of thiophene rings is 1. The van der Waals surface area contributed by atoms with E-state index in [2.05, 4.69) is 15.4 Å². The number of benzene rings is 1. The van der Waals surface area contributed by atoms with Gasteiger partial charge in [0.05, 0.1) is 11.1 Å². The number of hydrazine groups is 1. The molecule has 7 heteroatoms. The van der Waals surface area contributed by atoms with Crippen molar-refractivity contribution in [3.8, 4) is 0 Å². The van der Waals surface area contributed by atoms with Gasteiger partial charge in [-0.05, 0) is 25.1 Å². The SMILES string of the molecule is Cc1cc2c(N(C)c3ccccc3F)nc(NN)nc2s1. The molecule has 0 aliphatic heterocycles. The molecule has 2 heterocycles. The maximum absolute atomic E-state index is 14.0. The van der Waals surface area contributed by atoms with Crippen LogP contribution in [0.25, 0.3) is 10.2 Å². The van der Waals surface area contributed by atoms with Crippen LogP contribution in [0.1, 0.15) is 4.88 Å². The smallest absolute Gasteiger partial charge is 0.240 e. The van der Waals surface area contributed by atoms with E-state index in [1.165, 1.54) is 6.07 Å². The number of para-hydroxylation sites is 1. The molecule has 0 unspecified atom stereocenters. The number of nitrogen functional groups attached to an aromatic ring is 1. The molecule has 0 fully saturated rings. The van der Waals surface area contributed by atoms with E-state index < -0.39 is 0 Å². The lowest BCUT2D eigenvalue weighted by Gasteiger charge is -2.20. The van der Waals surface area contributed by atoms with Crippen molar-refractivity contribution in [2.24, 2.45) is 5.84 Å². The van der Waals surface area contributed by atoms with E-state index in [0.29, 0.717) is 17.5 Å². The van der Waals surface area contributed by atoms with Crippen LogP contribution >= 0.6 is 11.3 Å². The molecule has 108 valence electrons. The number of nitrogens with one attached hydrogen (secondary N) is 1. The first kappa shape index (κ1) is 13.7. The summed E-state index contributed by atoms with van der Waals surface area (Å²) in [5, 5.41) is 0.877. The predicted octanol–water partition coefficient (Wildman–Crippen LogP) is 3.19. The fourth-order valence-electron chi connectivity index (χ4n) is 2.18. The maximum Gasteiger partial charge on any atom is 0.240 e. The Hall–Kier alpha value is -2.25. The van der Waals surface area contributed by atoms with Gasteiger partial charge < -0.3 is 4.90 Å². The number of hydrogen-bond donors (Lipinski definition) is 2. The minimum Gasteiger partial charge on any atom is -0.326 e. The molecular formula is C14H14FN5S. The summed E-state index contributed by atoms with van der Waals surface area (Å²) >= 11 is 1.55. The third kappa shape index (κ3) is 2.41. The molecule has 0 aliphatic carbocycles. The Morgan fingerprint density at radius 2 is 2.05 bits per heavy atom. The van der Waals surface area contributed by atoms with Gasteiger partial charge in [0.2, 0.25) is 5.95 Å². The van der Waals surface area contributed by atoms with Crippen LogP contribution in [0.2, 0.25) is 0 Å². The molecule has 0 spiro atoms. The number of hydrogen-bond acceptors (Lipinski definition) is 6. The Morgan fingerprint density at radius 3 is 2.76 bits per heavy atom. The van der Waals surface area contributed by atoms with Crippen molar-refractivity contribution in [1.82, 2.24) is 9.97 Å². The van der Waals surface area contributed by atoms with Crippen LogP contribution in [0.5, 0.6) is 0 Å². The van der Waals surface area contributed by atoms with E-state index in [-0.39, 0.29) is 5.82 Å². The number of anilines is 3. The number of aromatic nitrogens is 2. The Morgan fingerprint density at radius 1 is 1.29 bits per heavy atom. The van der Waals surface area contributed by atoms with Crippen molar-refractivity contribution < 1.29 is 4.39 Å². The highest BCUT2D eigenvalue weighted by Crippen LogP contribution is 2.34. The predicted molar refractivity (Wildman–Crippen MR) is 84.4 cm³/mol. The van der Waals surface area contributed by atoms with Gasteiger partial charge in [0, 0.05) is 11.9 Å². The van der Waals surface area contributed by atoms with Gasteiger partial charge in [-0.15, -0.1) is 11.3 Å². The van der Waals surface area contributed by atoms with E-state index in [4.69, 9.17) is 5.84 Å². The number of rotatable bonds is 3. The third-order valence-corrected chi connectivity index (χ3v) is 4.10. The Bertz CT molecular complexity index is 801. The summed E-state index contributed by atoms with van der Waals surface area (Å²) in [5.74, 6) is 6.04. The van der Waals surface area contributed by atoms with E-state index >= 15 is 0 Å². The summed E-state index contributed by atoms with van der Waals surface area (Å²) in [7, 11) is 1.77. The maximum atomic E-state index is 14.0. The summed E-state index contributed by atoms with van der Waals surface area (Å²) in [4.78, 5) is 12.3. The van der Waals surface area contributed by atoms with Crippen molar-refractivity contribution in [3.63, 3.8) is 0 Å². The Labute approximate surface area is 125 Å². The van der Waals surface area contributed by atoms with Gasteiger partial charge in [0.1, 0.15) is 16.5 Å². The van der Waals surface area contributed by atoms with Crippen LogP contribution < -0.4 is 16.2 Å². The molecule has 2 aromatic heterocycles. The Kier molecular flexibility index (Phi) is 3.44. The lowest BCUT2D eigenvalue weighted by Crippen LogP contribution is -2.16. The standard InChI is InChI=1S/C14H14FN5S/c1-8-7-9-12(17-14(19-16)18-13(9)21-8)20(2)11-6-4-3-5-10(11)15/h3-7H,16H2,1-2H3,(H,17,18,19). The zero-order chi connectivity index (χ0) is 15.0. The molecule has 0 amide bonds. The van der Waals surface area contributed by atoms with Crippen molar-refractivity contribution in [1.29, 1.82) is 0 Å². The topological polar surface area (TPSA) is 67.1 Å². The highest BCUT2D eigenvalue weighted by atomic mass is 32.1. The number of aryl methyl sites for hydroxylation is 1. The first-order valence-corrected chi connectivity index (χ1v) is 7.15. The molecule has 0 saturated heterocycles. The molecule has 21 heavy (non-hydrogen) atoms. The fraction of sp³-hybridized carbons (Fsp3) is 0.143. The van der Waals surface area contributed by atoms with Crippen molar-refractivity contribution in [2.45, 2.75) is 6.92 Å². The quantitative estimate of drug-likeness (QED) is 0.574. The molecule has 1 aromatic carbocycles. The van der Waals surface area contributed by atoms with Crippen LogP contribution in [0, 0.1) is 12.7 Å². The van der Waals surface area contributed by atoms with E-state index in [0.717, 1.165) is 15.1 Å². The average Bonchev–Trinajstić information content (AvgIpc) is 2.86. The second-order valence-corrected chi connectivity index (χ2v) is 5.84. The highest BCUT2D eigenvalue weighted by molar-refractivity contribution is 7.18. The van der Waals surface area contributed by atoms with Gasteiger partial charge in [0.25, 0.3) is 0 Å². The fourth-order valence-corrected chi connectivity index (χ4v) is 3.06. The van der Waals surface area contributed by atoms with Gasteiger partial charge in [-0.1, -0.05) is 12.1 Å². The van der Waals surface area contributed by atoms with Crippen molar-refractivity contribution >= 4 is 39.0 Å². The summed E-state index contributed by atoms with van der Waals surface area (Å²) in [6, 6.07) is 8.56. The summed E-state index contributed by atoms with van der Waals surface area (Å²) in [5.41, 5.74) is 2.90. The molecule has 3 N–H and O–H groups in total. The van der Waals surface area contributed by atoms with Gasteiger partial charge in [-0.25, -0.2) is 15.2 Å². The average molecular weight is 303 g/mol. The van der Waals surface area contributed by atoms with Gasteiger partial charge in [-0.2, -0.15) is 4.98 Å². The minimum absolute atomic E-state index is 0.305. The lowest BCUT2D eigenvalue weighted by molar-refractivity contribution is 0.627. The zero-order valence-electron chi connectivity index (χ0n) is 11.6. The van der Waals surface area contributed by atoms with Crippen LogP contribution in [-0.4, -0.2) is 17.0 Å². The van der Waals surface area contributed by atoms with E-state index in [1.807, 2.05) is 13.0 Å². The largest absolute Gasteiger partial charge is 0.326 e. The molecule has 0 bridgehead atoms. The molecule has 0 aliphatic rings. The lowest BCUT2D eigenvalue weighted by atomic mass is 10.2. The van der Waals surface area contributed by atoms with Crippen LogP contribution in [-0.2, 0) is 0 Å².